The highest BCUT2D eigenvalue weighted by Crippen LogP contribution is 2.28. The predicted octanol–water partition coefficient (Wildman–Crippen LogP) is 2.15. The molecule has 0 radical (unpaired) electrons. The number of hydrogen-bond acceptors (Lipinski definition) is 3. The molecule has 0 atom stereocenters. The van der Waals surface area contributed by atoms with Crippen LogP contribution in [0.5, 0.6) is 5.75 Å². The molecule has 1 aliphatic rings. The van der Waals surface area contributed by atoms with Crippen molar-refractivity contribution in [2.24, 2.45) is 5.73 Å². The molecule has 2 rings (SSSR count). The van der Waals surface area contributed by atoms with Gasteiger partial charge in [-0.2, -0.15) is 0 Å². The van der Waals surface area contributed by atoms with Gasteiger partial charge >= 0.3 is 0 Å². The maximum absolute atomic E-state index is 6.14. The van der Waals surface area contributed by atoms with E-state index in [-0.39, 0.29) is 5.54 Å². The Kier molecular flexibility index (Phi) is 4.25. The topological polar surface area (TPSA) is 47.3 Å². The third-order valence-corrected chi connectivity index (χ3v) is 3.76. The molecule has 0 amide bonds. The molecule has 0 spiro atoms. The minimum Gasteiger partial charge on any atom is -0.492 e. The standard InChI is InChI=1S/C15H24N2O/c1-12-5-3-6-13(2)14(12)18-10-9-17-11-15(16)7-4-8-15/h3,5-6,17H,4,7-11,16H2,1-2H3. The smallest absolute Gasteiger partial charge is 0.125 e. The normalized spacial score (nSPS) is 17.3. The summed E-state index contributed by atoms with van der Waals surface area (Å²) in [5, 5.41) is 3.39. The van der Waals surface area contributed by atoms with Crippen LogP contribution in [0.25, 0.3) is 0 Å². The Morgan fingerprint density at radius 2 is 1.94 bits per heavy atom. The summed E-state index contributed by atoms with van der Waals surface area (Å²) in [5.41, 5.74) is 8.59. The number of hydrogen-bond donors (Lipinski definition) is 2. The second-order valence-electron chi connectivity index (χ2n) is 5.46. The van der Waals surface area contributed by atoms with Crippen LogP contribution in [-0.4, -0.2) is 25.2 Å². The van der Waals surface area contributed by atoms with E-state index in [1.54, 1.807) is 0 Å². The molecular formula is C15H24N2O. The van der Waals surface area contributed by atoms with Gasteiger partial charge in [-0.1, -0.05) is 18.2 Å². The lowest BCUT2D eigenvalue weighted by atomic mass is 9.78. The van der Waals surface area contributed by atoms with E-state index in [9.17, 15) is 0 Å². The van der Waals surface area contributed by atoms with E-state index < -0.39 is 0 Å². The van der Waals surface area contributed by atoms with Crippen molar-refractivity contribution in [3.8, 4) is 5.75 Å². The molecule has 0 bridgehead atoms. The highest BCUT2D eigenvalue weighted by molar-refractivity contribution is 5.39. The van der Waals surface area contributed by atoms with Crippen LogP contribution in [0.4, 0.5) is 0 Å². The SMILES string of the molecule is Cc1cccc(C)c1OCCNCC1(N)CCC1. The molecule has 1 aromatic carbocycles. The third-order valence-electron chi connectivity index (χ3n) is 3.76. The van der Waals surface area contributed by atoms with Crippen molar-refractivity contribution in [2.75, 3.05) is 19.7 Å². The fraction of sp³-hybridized carbons (Fsp3) is 0.600. The minimum atomic E-state index is 0.0541. The van der Waals surface area contributed by atoms with Crippen molar-refractivity contribution >= 4 is 0 Å². The molecule has 0 heterocycles. The Morgan fingerprint density at radius 3 is 2.50 bits per heavy atom. The Labute approximate surface area is 110 Å². The van der Waals surface area contributed by atoms with Gasteiger partial charge < -0.3 is 15.8 Å². The van der Waals surface area contributed by atoms with E-state index in [2.05, 4.69) is 37.4 Å². The van der Waals surface area contributed by atoms with Crippen molar-refractivity contribution in [2.45, 2.75) is 38.6 Å². The van der Waals surface area contributed by atoms with E-state index in [0.717, 1.165) is 31.7 Å². The largest absolute Gasteiger partial charge is 0.492 e. The first-order valence-electron chi connectivity index (χ1n) is 6.79. The van der Waals surface area contributed by atoms with E-state index in [1.807, 2.05) is 0 Å². The van der Waals surface area contributed by atoms with Crippen LogP contribution in [0.3, 0.4) is 0 Å². The van der Waals surface area contributed by atoms with Gasteiger partial charge in [-0.25, -0.2) is 0 Å². The number of nitrogens with one attached hydrogen (secondary N) is 1. The zero-order valence-corrected chi connectivity index (χ0v) is 11.5. The molecule has 3 heteroatoms. The summed E-state index contributed by atoms with van der Waals surface area (Å²) in [4.78, 5) is 0. The molecule has 18 heavy (non-hydrogen) atoms. The Bertz CT molecular complexity index is 379. The molecule has 3 nitrogen and oxygen atoms in total. The van der Waals surface area contributed by atoms with Gasteiger partial charge in [-0.3, -0.25) is 0 Å². The Balaban J connectivity index is 1.69. The lowest BCUT2D eigenvalue weighted by molar-refractivity contribution is 0.230. The average molecular weight is 248 g/mol. The summed E-state index contributed by atoms with van der Waals surface area (Å²) in [6.07, 6.45) is 3.58. The number of ether oxygens (including phenoxy) is 1. The molecular weight excluding hydrogens is 224 g/mol. The van der Waals surface area contributed by atoms with Crippen molar-refractivity contribution < 1.29 is 4.74 Å². The van der Waals surface area contributed by atoms with Gasteiger partial charge in [0.05, 0.1) is 0 Å². The first-order chi connectivity index (χ1) is 8.61. The molecule has 0 aromatic heterocycles. The van der Waals surface area contributed by atoms with Crippen LogP contribution in [0, 0.1) is 13.8 Å². The fourth-order valence-electron chi connectivity index (χ4n) is 2.40. The van der Waals surface area contributed by atoms with Crippen LogP contribution in [-0.2, 0) is 0 Å². The van der Waals surface area contributed by atoms with Gasteiger partial charge in [0.25, 0.3) is 0 Å². The number of rotatable bonds is 6. The van der Waals surface area contributed by atoms with Gasteiger partial charge in [-0.05, 0) is 44.2 Å². The maximum Gasteiger partial charge on any atom is 0.125 e. The van der Waals surface area contributed by atoms with Gasteiger partial charge in [0.2, 0.25) is 0 Å². The Hall–Kier alpha value is -1.06. The summed E-state index contributed by atoms with van der Waals surface area (Å²) in [7, 11) is 0. The molecule has 1 saturated carbocycles. The molecule has 100 valence electrons. The van der Waals surface area contributed by atoms with Gasteiger partial charge in [0, 0.05) is 18.6 Å². The predicted molar refractivity (Wildman–Crippen MR) is 75.1 cm³/mol. The number of aryl methyl sites for hydroxylation is 2. The number of para-hydroxylation sites is 1. The lowest BCUT2D eigenvalue weighted by Crippen LogP contribution is -2.54. The zero-order valence-electron chi connectivity index (χ0n) is 11.5. The third kappa shape index (κ3) is 3.24. The highest BCUT2D eigenvalue weighted by Gasteiger charge is 2.31. The van der Waals surface area contributed by atoms with Crippen LogP contribution >= 0.6 is 0 Å². The van der Waals surface area contributed by atoms with E-state index >= 15 is 0 Å². The van der Waals surface area contributed by atoms with Gasteiger partial charge in [-0.15, -0.1) is 0 Å². The fourth-order valence-corrected chi connectivity index (χ4v) is 2.40. The van der Waals surface area contributed by atoms with Crippen molar-refractivity contribution in [1.82, 2.24) is 5.32 Å². The van der Waals surface area contributed by atoms with E-state index in [1.165, 1.54) is 17.5 Å². The second-order valence-corrected chi connectivity index (χ2v) is 5.46. The molecule has 1 aliphatic carbocycles. The van der Waals surface area contributed by atoms with E-state index in [4.69, 9.17) is 10.5 Å². The van der Waals surface area contributed by atoms with Crippen LogP contribution in [0.1, 0.15) is 30.4 Å². The first-order valence-corrected chi connectivity index (χ1v) is 6.79. The minimum absolute atomic E-state index is 0.0541. The molecule has 3 N–H and O–H groups in total. The summed E-state index contributed by atoms with van der Waals surface area (Å²) in [6, 6.07) is 6.22. The van der Waals surface area contributed by atoms with Gasteiger partial charge in [0.1, 0.15) is 12.4 Å². The summed E-state index contributed by atoms with van der Waals surface area (Å²) in [6.45, 7) is 6.62. The van der Waals surface area contributed by atoms with Crippen molar-refractivity contribution in [3.05, 3.63) is 29.3 Å². The van der Waals surface area contributed by atoms with Crippen LogP contribution in [0.15, 0.2) is 18.2 Å². The van der Waals surface area contributed by atoms with Crippen molar-refractivity contribution in [1.29, 1.82) is 0 Å². The van der Waals surface area contributed by atoms with Crippen LogP contribution in [0.2, 0.25) is 0 Å². The molecule has 1 aromatic rings. The quantitative estimate of drug-likeness (QED) is 0.758. The Morgan fingerprint density at radius 1 is 1.28 bits per heavy atom. The van der Waals surface area contributed by atoms with Crippen molar-refractivity contribution in [3.63, 3.8) is 0 Å². The summed E-state index contributed by atoms with van der Waals surface area (Å²) >= 11 is 0. The highest BCUT2D eigenvalue weighted by atomic mass is 16.5. The average Bonchev–Trinajstić information content (AvgIpc) is 2.30. The number of nitrogens with two attached hydrogens (primary N) is 1. The van der Waals surface area contributed by atoms with E-state index in [0.29, 0.717) is 6.61 Å². The van der Waals surface area contributed by atoms with Crippen LogP contribution < -0.4 is 15.8 Å². The van der Waals surface area contributed by atoms with Gasteiger partial charge in [0.15, 0.2) is 0 Å². The lowest BCUT2D eigenvalue weighted by Gasteiger charge is -2.38. The summed E-state index contributed by atoms with van der Waals surface area (Å²) in [5.74, 6) is 1.02. The molecule has 0 aliphatic heterocycles. The number of benzene rings is 1. The molecule has 1 fully saturated rings. The summed E-state index contributed by atoms with van der Waals surface area (Å²) < 4.78 is 5.83. The second kappa shape index (κ2) is 5.72. The molecule has 0 saturated heterocycles. The first kappa shape index (κ1) is 13.4. The monoisotopic (exact) mass is 248 g/mol. The molecule has 0 unspecified atom stereocenters. The zero-order chi connectivity index (χ0) is 13.0. The maximum atomic E-state index is 6.14.